The summed E-state index contributed by atoms with van der Waals surface area (Å²) in [7, 11) is 0. The lowest BCUT2D eigenvalue weighted by molar-refractivity contribution is 0.105. The number of rotatable bonds is 9. The third-order valence-corrected chi connectivity index (χ3v) is 3.34. The van der Waals surface area contributed by atoms with E-state index in [-0.39, 0.29) is 6.61 Å². The number of anilines is 1. The van der Waals surface area contributed by atoms with Gasteiger partial charge in [0.25, 0.3) is 0 Å². The van der Waals surface area contributed by atoms with E-state index < -0.39 is 6.10 Å². The highest BCUT2D eigenvalue weighted by molar-refractivity contribution is 5.56. The zero-order valence-electron chi connectivity index (χ0n) is 12.6. The molecule has 0 bridgehead atoms. The molecule has 0 saturated carbocycles. The lowest BCUT2D eigenvalue weighted by Gasteiger charge is -2.15. The van der Waals surface area contributed by atoms with Gasteiger partial charge in [0.15, 0.2) is 0 Å². The number of aliphatic hydroxyl groups is 2. The average Bonchev–Trinajstić information content (AvgIpc) is 2.58. The molecule has 0 saturated heterocycles. The maximum absolute atomic E-state index is 9.40. The molecule has 4 nitrogen and oxygen atoms in total. The first-order valence-corrected chi connectivity index (χ1v) is 7.58. The first-order valence-electron chi connectivity index (χ1n) is 7.58. The molecule has 0 aliphatic carbocycles. The summed E-state index contributed by atoms with van der Waals surface area (Å²) in [5.41, 5.74) is 2.14. The highest BCUT2D eigenvalue weighted by Gasteiger charge is 2.05. The Morgan fingerprint density at radius 2 is 1.73 bits per heavy atom. The maximum atomic E-state index is 9.40. The van der Waals surface area contributed by atoms with Crippen molar-refractivity contribution in [2.45, 2.75) is 18.9 Å². The average molecular weight is 301 g/mol. The molecule has 2 rings (SSSR count). The molecule has 118 valence electrons. The van der Waals surface area contributed by atoms with Crippen LogP contribution in [-0.4, -0.2) is 36.1 Å². The molecule has 0 heterocycles. The number of para-hydroxylation sites is 2. The van der Waals surface area contributed by atoms with E-state index in [9.17, 15) is 5.11 Å². The van der Waals surface area contributed by atoms with E-state index in [2.05, 4.69) is 17.4 Å². The number of benzene rings is 2. The standard InChI is InChI=1S/C18H23NO3/c20-14-16(21)13-19-17-10-4-5-11-18(17)22-12-6-9-15-7-2-1-3-8-15/h1-5,7-8,10-11,16,19-21H,6,9,12-14H2. The Morgan fingerprint density at radius 1 is 1.00 bits per heavy atom. The van der Waals surface area contributed by atoms with Crippen LogP contribution >= 0.6 is 0 Å². The summed E-state index contributed by atoms with van der Waals surface area (Å²) < 4.78 is 5.82. The summed E-state index contributed by atoms with van der Waals surface area (Å²) in [6.45, 7) is 0.671. The van der Waals surface area contributed by atoms with Crippen molar-refractivity contribution in [3.05, 3.63) is 60.2 Å². The zero-order chi connectivity index (χ0) is 15.6. The van der Waals surface area contributed by atoms with Crippen LogP contribution in [0.25, 0.3) is 0 Å². The van der Waals surface area contributed by atoms with Crippen molar-refractivity contribution in [3.63, 3.8) is 0 Å². The Bertz CT molecular complexity index is 545. The second-order valence-electron chi connectivity index (χ2n) is 5.15. The number of nitrogens with one attached hydrogen (secondary N) is 1. The van der Waals surface area contributed by atoms with Crippen LogP contribution < -0.4 is 10.1 Å². The molecular formula is C18H23NO3. The van der Waals surface area contributed by atoms with E-state index >= 15 is 0 Å². The highest BCUT2D eigenvalue weighted by atomic mass is 16.5. The van der Waals surface area contributed by atoms with Crippen LogP contribution in [0.1, 0.15) is 12.0 Å². The Hall–Kier alpha value is -2.04. The van der Waals surface area contributed by atoms with Gasteiger partial charge in [-0.15, -0.1) is 0 Å². The Labute approximate surface area is 131 Å². The molecule has 4 heteroatoms. The van der Waals surface area contributed by atoms with E-state index in [1.54, 1.807) is 0 Å². The predicted molar refractivity (Wildman–Crippen MR) is 88.3 cm³/mol. The molecule has 0 aromatic heterocycles. The molecule has 1 unspecified atom stereocenters. The first-order chi connectivity index (χ1) is 10.8. The molecule has 0 amide bonds. The van der Waals surface area contributed by atoms with Crippen LogP contribution in [0, 0.1) is 0 Å². The SMILES string of the molecule is OCC(O)CNc1ccccc1OCCCc1ccccc1. The normalized spacial score (nSPS) is 11.9. The zero-order valence-corrected chi connectivity index (χ0v) is 12.6. The fourth-order valence-corrected chi connectivity index (χ4v) is 2.13. The smallest absolute Gasteiger partial charge is 0.142 e. The first kappa shape index (κ1) is 16.3. The van der Waals surface area contributed by atoms with Gasteiger partial charge in [-0.1, -0.05) is 42.5 Å². The molecule has 3 N–H and O–H groups in total. The topological polar surface area (TPSA) is 61.7 Å². The minimum absolute atomic E-state index is 0.257. The van der Waals surface area contributed by atoms with Crippen molar-refractivity contribution < 1.29 is 14.9 Å². The van der Waals surface area contributed by atoms with Gasteiger partial charge in [-0.25, -0.2) is 0 Å². The summed E-state index contributed by atoms with van der Waals surface area (Å²) in [5, 5.41) is 21.3. The lowest BCUT2D eigenvalue weighted by atomic mass is 10.1. The minimum atomic E-state index is -0.772. The van der Waals surface area contributed by atoms with Gasteiger partial charge in [-0.3, -0.25) is 0 Å². The van der Waals surface area contributed by atoms with Gasteiger partial charge >= 0.3 is 0 Å². The Kier molecular flexibility index (Phi) is 6.74. The molecule has 0 radical (unpaired) electrons. The minimum Gasteiger partial charge on any atom is -0.491 e. The van der Waals surface area contributed by atoms with Gasteiger partial charge in [-0.05, 0) is 30.5 Å². The Morgan fingerprint density at radius 3 is 2.50 bits per heavy atom. The summed E-state index contributed by atoms with van der Waals surface area (Å²) in [6.07, 6.45) is 1.16. The highest BCUT2D eigenvalue weighted by Crippen LogP contribution is 2.23. The summed E-state index contributed by atoms with van der Waals surface area (Å²) in [6, 6.07) is 18.0. The summed E-state index contributed by atoms with van der Waals surface area (Å²) >= 11 is 0. The third kappa shape index (κ3) is 5.39. The number of hydrogen-bond acceptors (Lipinski definition) is 4. The van der Waals surface area contributed by atoms with E-state index in [0.717, 1.165) is 24.3 Å². The van der Waals surface area contributed by atoms with Crippen LogP contribution in [0.2, 0.25) is 0 Å². The van der Waals surface area contributed by atoms with E-state index in [0.29, 0.717) is 13.2 Å². The molecule has 22 heavy (non-hydrogen) atoms. The number of aliphatic hydroxyl groups excluding tert-OH is 2. The van der Waals surface area contributed by atoms with Crippen molar-refractivity contribution in [1.82, 2.24) is 0 Å². The van der Waals surface area contributed by atoms with Crippen LogP contribution in [0.4, 0.5) is 5.69 Å². The number of aryl methyl sites for hydroxylation is 1. The molecular weight excluding hydrogens is 278 g/mol. The fourth-order valence-electron chi connectivity index (χ4n) is 2.13. The van der Waals surface area contributed by atoms with Gasteiger partial charge in [0, 0.05) is 6.54 Å². The van der Waals surface area contributed by atoms with Crippen LogP contribution in [-0.2, 0) is 6.42 Å². The molecule has 0 aliphatic rings. The number of ether oxygens (including phenoxy) is 1. The van der Waals surface area contributed by atoms with E-state index in [1.165, 1.54) is 5.56 Å². The number of hydrogen-bond donors (Lipinski definition) is 3. The van der Waals surface area contributed by atoms with Crippen molar-refractivity contribution in [1.29, 1.82) is 0 Å². The molecule has 2 aromatic rings. The maximum Gasteiger partial charge on any atom is 0.142 e. The predicted octanol–water partition coefficient (Wildman–Crippen LogP) is 2.46. The van der Waals surface area contributed by atoms with Gasteiger partial charge in [-0.2, -0.15) is 0 Å². The Balaban J connectivity index is 1.79. The molecule has 0 fully saturated rings. The van der Waals surface area contributed by atoms with Gasteiger partial charge in [0.1, 0.15) is 5.75 Å². The van der Waals surface area contributed by atoms with Crippen molar-refractivity contribution in [3.8, 4) is 5.75 Å². The quantitative estimate of drug-likeness (QED) is 0.623. The van der Waals surface area contributed by atoms with Crippen LogP contribution in [0.5, 0.6) is 5.75 Å². The van der Waals surface area contributed by atoms with E-state index in [1.807, 2.05) is 42.5 Å². The van der Waals surface area contributed by atoms with E-state index in [4.69, 9.17) is 9.84 Å². The van der Waals surface area contributed by atoms with Crippen molar-refractivity contribution >= 4 is 5.69 Å². The van der Waals surface area contributed by atoms with Crippen LogP contribution in [0.3, 0.4) is 0 Å². The summed E-state index contributed by atoms with van der Waals surface area (Å²) in [4.78, 5) is 0. The second-order valence-corrected chi connectivity index (χ2v) is 5.15. The molecule has 0 aliphatic heterocycles. The summed E-state index contributed by atoms with van der Waals surface area (Å²) in [5.74, 6) is 0.765. The monoisotopic (exact) mass is 301 g/mol. The fraction of sp³-hybridized carbons (Fsp3) is 0.333. The molecule has 2 aromatic carbocycles. The largest absolute Gasteiger partial charge is 0.491 e. The second kappa shape index (κ2) is 9.07. The van der Waals surface area contributed by atoms with Crippen LogP contribution in [0.15, 0.2) is 54.6 Å². The van der Waals surface area contributed by atoms with Crippen molar-refractivity contribution in [2.24, 2.45) is 0 Å². The van der Waals surface area contributed by atoms with Gasteiger partial charge in [0.2, 0.25) is 0 Å². The van der Waals surface area contributed by atoms with Gasteiger partial charge < -0.3 is 20.3 Å². The van der Waals surface area contributed by atoms with Gasteiger partial charge in [0.05, 0.1) is 25.0 Å². The third-order valence-electron chi connectivity index (χ3n) is 3.34. The lowest BCUT2D eigenvalue weighted by Crippen LogP contribution is -2.23. The molecule has 1 atom stereocenters. The van der Waals surface area contributed by atoms with Crippen molar-refractivity contribution in [2.75, 3.05) is 25.1 Å². The molecule has 0 spiro atoms.